The van der Waals surface area contributed by atoms with Gasteiger partial charge in [0.2, 0.25) is 0 Å². The monoisotopic (exact) mass is 317 g/mol. The summed E-state index contributed by atoms with van der Waals surface area (Å²) in [5.41, 5.74) is 3.84. The number of carbonyl (C=O) groups is 1. The first kappa shape index (κ1) is 16.4. The van der Waals surface area contributed by atoms with Crippen LogP contribution >= 0.6 is 11.6 Å². The smallest absolute Gasteiger partial charge is 0.265 e. The highest BCUT2D eigenvalue weighted by molar-refractivity contribution is 6.30. The summed E-state index contributed by atoms with van der Waals surface area (Å²) in [6.45, 7) is 7.63. The molecule has 0 heterocycles. The fraction of sp³-hybridized carbons (Fsp3) is 0.278. The van der Waals surface area contributed by atoms with Crippen LogP contribution in [0.15, 0.2) is 36.4 Å². The van der Waals surface area contributed by atoms with Gasteiger partial charge in [0.1, 0.15) is 5.75 Å². The number of hydrogen-bond donors (Lipinski definition) is 1. The minimum atomic E-state index is -0.587. The van der Waals surface area contributed by atoms with Crippen molar-refractivity contribution in [2.24, 2.45) is 0 Å². The fourth-order valence-electron chi connectivity index (χ4n) is 2.18. The lowest BCUT2D eigenvalue weighted by molar-refractivity contribution is -0.122. The summed E-state index contributed by atoms with van der Waals surface area (Å²) < 4.78 is 5.76. The summed E-state index contributed by atoms with van der Waals surface area (Å²) in [5, 5.41) is 3.51. The van der Waals surface area contributed by atoms with Crippen LogP contribution in [-0.2, 0) is 4.79 Å². The predicted octanol–water partition coefficient (Wildman–Crippen LogP) is 4.67. The minimum Gasteiger partial charge on any atom is -0.481 e. The van der Waals surface area contributed by atoms with Crippen LogP contribution in [-0.4, -0.2) is 12.0 Å². The standard InChI is InChI=1S/C18H20ClNO2/c1-11-5-8-17(13(3)9-11)22-14(4)18(21)20-16-7-6-15(19)10-12(16)2/h5-10,14H,1-4H3,(H,20,21). The fourth-order valence-corrected chi connectivity index (χ4v) is 2.40. The number of halogens is 1. The van der Waals surface area contributed by atoms with E-state index < -0.39 is 6.10 Å². The number of aryl methyl sites for hydroxylation is 3. The molecular formula is C18H20ClNO2. The first-order valence-electron chi connectivity index (χ1n) is 7.18. The van der Waals surface area contributed by atoms with Gasteiger partial charge >= 0.3 is 0 Å². The van der Waals surface area contributed by atoms with Gasteiger partial charge in [-0.05, 0) is 63.1 Å². The molecule has 0 aliphatic rings. The molecule has 0 spiro atoms. The predicted molar refractivity (Wildman–Crippen MR) is 90.8 cm³/mol. The van der Waals surface area contributed by atoms with Crippen molar-refractivity contribution in [3.8, 4) is 5.75 Å². The Labute approximate surface area is 136 Å². The van der Waals surface area contributed by atoms with Gasteiger partial charge in [0.25, 0.3) is 5.91 Å². The molecule has 2 aromatic rings. The summed E-state index contributed by atoms with van der Waals surface area (Å²) in [6.07, 6.45) is -0.587. The third-order valence-electron chi connectivity index (χ3n) is 3.45. The Balaban J connectivity index is 2.05. The number of hydrogen-bond acceptors (Lipinski definition) is 2. The Hall–Kier alpha value is -2.00. The highest BCUT2D eigenvalue weighted by Gasteiger charge is 2.16. The van der Waals surface area contributed by atoms with Gasteiger partial charge in [-0.3, -0.25) is 4.79 Å². The molecule has 0 saturated heterocycles. The van der Waals surface area contributed by atoms with E-state index in [1.54, 1.807) is 19.1 Å². The van der Waals surface area contributed by atoms with Crippen molar-refractivity contribution < 1.29 is 9.53 Å². The molecule has 0 saturated carbocycles. The molecule has 0 radical (unpaired) electrons. The molecule has 1 amide bonds. The first-order chi connectivity index (χ1) is 10.4. The van der Waals surface area contributed by atoms with Crippen molar-refractivity contribution in [3.05, 3.63) is 58.1 Å². The van der Waals surface area contributed by atoms with Crippen molar-refractivity contribution in [2.75, 3.05) is 5.32 Å². The molecule has 0 fully saturated rings. The summed E-state index contributed by atoms with van der Waals surface area (Å²) in [4.78, 5) is 12.3. The van der Waals surface area contributed by atoms with Gasteiger partial charge in [-0.25, -0.2) is 0 Å². The summed E-state index contributed by atoms with van der Waals surface area (Å²) >= 11 is 5.92. The third-order valence-corrected chi connectivity index (χ3v) is 3.68. The van der Waals surface area contributed by atoms with Crippen molar-refractivity contribution in [3.63, 3.8) is 0 Å². The quantitative estimate of drug-likeness (QED) is 0.889. The second-order valence-corrected chi connectivity index (χ2v) is 5.91. The number of nitrogens with one attached hydrogen (secondary N) is 1. The molecule has 0 aromatic heterocycles. The van der Waals surface area contributed by atoms with Gasteiger partial charge in [0, 0.05) is 10.7 Å². The average molecular weight is 318 g/mol. The Morgan fingerprint density at radius 3 is 2.45 bits per heavy atom. The molecule has 2 aromatic carbocycles. The minimum absolute atomic E-state index is 0.189. The summed E-state index contributed by atoms with van der Waals surface area (Å²) in [6, 6.07) is 11.2. The SMILES string of the molecule is Cc1ccc(OC(C)C(=O)Nc2ccc(Cl)cc2C)c(C)c1. The summed E-state index contributed by atoms with van der Waals surface area (Å²) in [5.74, 6) is 0.534. The Bertz CT molecular complexity index is 697. The van der Waals surface area contributed by atoms with Crippen molar-refractivity contribution in [2.45, 2.75) is 33.8 Å². The maximum Gasteiger partial charge on any atom is 0.265 e. The van der Waals surface area contributed by atoms with E-state index in [9.17, 15) is 4.79 Å². The van der Waals surface area contributed by atoms with Gasteiger partial charge in [-0.2, -0.15) is 0 Å². The zero-order valence-corrected chi connectivity index (χ0v) is 14.0. The Morgan fingerprint density at radius 1 is 1.09 bits per heavy atom. The topological polar surface area (TPSA) is 38.3 Å². The molecule has 1 N–H and O–H groups in total. The molecule has 1 unspecified atom stereocenters. The molecule has 0 aliphatic heterocycles. The molecule has 3 nitrogen and oxygen atoms in total. The molecule has 116 valence electrons. The van der Waals surface area contributed by atoms with Gasteiger partial charge in [0.05, 0.1) is 0 Å². The molecule has 1 atom stereocenters. The van der Waals surface area contributed by atoms with E-state index in [-0.39, 0.29) is 5.91 Å². The highest BCUT2D eigenvalue weighted by atomic mass is 35.5. The van der Waals surface area contributed by atoms with Gasteiger partial charge in [-0.1, -0.05) is 29.3 Å². The molecule has 4 heteroatoms. The van der Waals surface area contributed by atoms with Crippen LogP contribution in [0.2, 0.25) is 5.02 Å². The normalized spacial score (nSPS) is 11.9. The van der Waals surface area contributed by atoms with Gasteiger partial charge < -0.3 is 10.1 Å². The number of benzene rings is 2. The lowest BCUT2D eigenvalue weighted by atomic mass is 10.1. The van der Waals surface area contributed by atoms with E-state index in [1.165, 1.54) is 5.56 Å². The average Bonchev–Trinajstić information content (AvgIpc) is 2.44. The molecular weight excluding hydrogens is 298 g/mol. The van der Waals surface area contributed by atoms with Crippen LogP contribution in [0.3, 0.4) is 0 Å². The van der Waals surface area contributed by atoms with E-state index in [0.717, 1.165) is 22.6 Å². The van der Waals surface area contributed by atoms with E-state index in [0.29, 0.717) is 5.02 Å². The third kappa shape index (κ3) is 4.01. The van der Waals surface area contributed by atoms with Gasteiger partial charge in [0.15, 0.2) is 6.10 Å². The van der Waals surface area contributed by atoms with Crippen molar-refractivity contribution >= 4 is 23.2 Å². The lowest BCUT2D eigenvalue weighted by Crippen LogP contribution is -2.30. The zero-order valence-electron chi connectivity index (χ0n) is 13.2. The number of rotatable bonds is 4. The summed E-state index contributed by atoms with van der Waals surface area (Å²) in [7, 11) is 0. The van der Waals surface area contributed by atoms with Crippen molar-refractivity contribution in [1.82, 2.24) is 0 Å². The van der Waals surface area contributed by atoms with Gasteiger partial charge in [-0.15, -0.1) is 0 Å². The van der Waals surface area contributed by atoms with Crippen LogP contribution in [0, 0.1) is 20.8 Å². The van der Waals surface area contributed by atoms with Crippen molar-refractivity contribution in [1.29, 1.82) is 0 Å². The Kier molecular flexibility index (Phi) is 5.09. The maximum atomic E-state index is 12.3. The molecule has 0 aliphatic carbocycles. The second-order valence-electron chi connectivity index (χ2n) is 5.48. The molecule has 22 heavy (non-hydrogen) atoms. The number of amides is 1. The van der Waals surface area contributed by atoms with E-state index in [4.69, 9.17) is 16.3 Å². The Morgan fingerprint density at radius 2 is 1.82 bits per heavy atom. The van der Waals surface area contributed by atoms with Crippen LogP contribution in [0.5, 0.6) is 5.75 Å². The highest BCUT2D eigenvalue weighted by Crippen LogP contribution is 2.22. The van der Waals surface area contributed by atoms with E-state index in [1.807, 2.05) is 45.0 Å². The first-order valence-corrected chi connectivity index (χ1v) is 7.55. The molecule has 2 rings (SSSR count). The van der Waals surface area contributed by atoms with Crippen LogP contribution in [0.4, 0.5) is 5.69 Å². The lowest BCUT2D eigenvalue weighted by Gasteiger charge is -2.17. The van der Waals surface area contributed by atoms with Crippen LogP contribution in [0.25, 0.3) is 0 Å². The molecule has 0 bridgehead atoms. The largest absolute Gasteiger partial charge is 0.481 e. The van der Waals surface area contributed by atoms with Crippen LogP contribution in [0.1, 0.15) is 23.6 Å². The maximum absolute atomic E-state index is 12.3. The second kappa shape index (κ2) is 6.84. The van der Waals surface area contributed by atoms with E-state index in [2.05, 4.69) is 5.32 Å². The number of carbonyl (C=O) groups excluding carboxylic acids is 1. The zero-order chi connectivity index (χ0) is 16.3. The number of anilines is 1. The van der Waals surface area contributed by atoms with E-state index >= 15 is 0 Å². The van der Waals surface area contributed by atoms with Crippen LogP contribution < -0.4 is 10.1 Å². The number of ether oxygens (including phenoxy) is 1.